The number of aromatic nitrogens is 1. The van der Waals surface area contributed by atoms with E-state index < -0.39 is 0 Å². The lowest BCUT2D eigenvalue weighted by Gasteiger charge is -2.37. The van der Waals surface area contributed by atoms with Crippen LogP contribution in [-0.2, 0) is 11.2 Å². The standard InChI is InChI=1S/C20H23BrN4O/c21-17-12-18(14-22-13-17)24-10-8-23(9-11-24)15-20(26)25-7-3-5-16-4-1-2-6-19(16)25/h1-2,4,6,12-14H,3,5,7-11,15H2. The Hall–Kier alpha value is -1.92. The van der Waals surface area contributed by atoms with Gasteiger partial charge < -0.3 is 9.80 Å². The molecule has 2 aliphatic rings. The predicted molar refractivity (Wildman–Crippen MR) is 108 cm³/mol. The average molecular weight is 415 g/mol. The van der Waals surface area contributed by atoms with Crippen molar-refractivity contribution in [2.24, 2.45) is 0 Å². The van der Waals surface area contributed by atoms with Crippen LogP contribution in [0.4, 0.5) is 11.4 Å². The van der Waals surface area contributed by atoms with E-state index in [2.05, 4.69) is 55.0 Å². The quantitative estimate of drug-likeness (QED) is 0.773. The largest absolute Gasteiger partial charge is 0.368 e. The van der Waals surface area contributed by atoms with Crippen molar-refractivity contribution in [3.05, 3.63) is 52.8 Å². The molecule has 0 spiro atoms. The fourth-order valence-electron chi connectivity index (χ4n) is 3.81. The molecule has 5 nitrogen and oxygen atoms in total. The molecule has 26 heavy (non-hydrogen) atoms. The number of halogens is 1. The molecule has 2 aromatic rings. The van der Waals surface area contributed by atoms with E-state index in [-0.39, 0.29) is 5.91 Å². The van der Waals surface area contributed by atoms with Gasteiger partial charge in [0.05, 0.1) is 18.4 Å². The molecule has 3 heterocycles. The molecular formula is C20H23BrN4O. The molecular weight excluding hydrogens is 392 g/mol. The predicted octanol–water partition coefficient (Wildman–Crippen LogP) is 2.95. The summed E-state index contributed by atoms with van der Waals surface area (Å²) in [5, 5.41) is 0. The SMILES string of the molecule is O=C(CN1CCN(c2cncc(Br)c2)CC1)N1CCCc2ccccc21. The number of anilines is 2. The number of hydrogen-bond donors (Lipinski definition) is 0. The summed E-state index contributed by atoms with van der Waals surface area (Å²) < 4.78 is 0.997. The van der Waals surface area contributed by atoms with Crippen LogP contribution in [0.5, 0.6) is 0 Å². The molecule has 2 aliphatic heterocycles. The minimum Gasteiger partial charge on any atom is -0.368 e. The third kappa shape index (κ3) is 3.76. The summed E-state index contributed by atoms with van der Waals surface area (Å²) in [6.45, 7) is 4.96. The number of carbonyl (C=O) groups is 1. The Balaban J connectivity index is 1.36. The van der Waals surface area contributed by atoms with E-state index in [0.717, 1.165) is 61.4 Å². The number of fused-ring (bicyclic) bond motifs is 1. The van der Waals surface area contributed by atoms with Gasteiger partial charge in [0.25, 0.3) is 0 Å². The highest BCUT2D eigenvalue weighted by atomic mass is 79.9. The summed E-state index contributed by atoms with van der Waals surface area (Å²) in [6.07, 6.45) is 5.82. The number of amides is 1. The van der Waals surface area contributed by atoms with Gasteiger partial charge in [-0.05, 0) is 46.5 Å². The van der Waals surface area contributed by atoms with Gasteiger partial charge in [-0.3, -0.25) is 14.7 Å². The highest BCUT2D eigenvalue weighted by Crippen LogP contribution is 2.27. The monoisotopic (exact) mass is 414 g/mol. The second-order valence-corrected chi connectivity index (χ2v) is 7.82. The van der Waals surface area contributed by atoms with Gasteiger partial charge in [0.15, 0.2) is 0 Å². The molecule has 1 amide bonds. The van der Waals surface area contributed by atoms with Crippen LogP contribution in [0.2, 0.25) is 0 Å². The molecule has 0 N–H and O–H groups in total. The van der Waals surface area contributed by atoms with Gasteiger partial charge in [0.1, 0.15) is 0 Å². The average Bonchev–Trinajstić information content (AvgIpc) is 2.68. The summed E-state index contributed by atoms with van der Waals surface area (Å²) in [6, 6.07) is 10.4. The smallest absolute Gasteiger partial charge is 0.241 e. The summed E-state index contributed by atoms with van der Waals surface area (Å²) in [7, 11) is 0. The number of aryl methyl sites for hydroxylation is 1. The van der Waals surface area contributed by atoms with Crippen molar-refractivity contribution >= 4 is 33.2 Å². The lowest BCUT2D eigenvalue weighted by Crippen LogP contribution is -2.50. The van der Waals surface area contributed by atoms with Crippen LogP contribution < -0.4 is 9.80 Å². The zero-order valence-corrected chi connectivity index (χ0v) is 16.4. The maximum atomic E-state index is 12.9. The number of nitrogens with zero attached hydrogens (tertiary/aromatic N) is 4. The zero-order valence-electron chi connectivity index (χ0n) is 14.8. The van der Waals surface area contributed by atoms with E-state index >= 15 is 0 Å². The highest BCUT2D eigenvalue weighted by molar-refractivity contribution is 9.10. The van der Waals surface area contributed by atoms with Crippen LogP contribution in [0, 0.1) is 0 Å². The number of benzene rings is 1. The van der Waals surface area contributed by atoms with Gasteiger partial charge >= 0.3 is 0 Å². The summed E-state index contributed by atoms with van der Waals surface area (Å²) >= 11 is 3.48. The molecule has 4 rings (SSSR count). The Labute approximate surface area is 162 Å². The molecule has 0 unspecified atom stereocenters. The van der Waals surface area contributed by atoms with Crippen molar-refractivity contribution in [2.75, 3.05) is 49.1 Å². The summed E-state index contributed by atoms with van der Waals surface area (Å²) in [4.78, 5) is 23.7. The topological polar surface area (TPSA) is 39.7 Å². The molecule has 0 bridgehead atoms. The van der Waals surface area contributed by atoms with Crippen molar-refractivity contribution < 1.29 is 4.79 Å². The minimum absolute atomic E-state index is 0.217. The number of piperazine rings is 1. The third-order valence-corrected chi connectivity index (χ3v) is 5.63. The second kappa shape index (κ2) is 7.76. The second-order valence-electron chi connectivity index (χ2n) is 6.90. The van der Waals surface area contributed by atoms with Crippen molar-refractivity contribution in [3.8, 4) is 0 Å². The Morgan fingerprint density at radius 1 is 1.08 bits per heavy atom. The van der Waals surface area contributed by atoms with Crippen LogP contribution >= 0.6 is 15.9 Å². The first-order chi connectivity index (χ1) is 12.7. The lowest BCUT2D eigenvalue weighted by atomic mass is 10.0. The first-order valence-corrected chi connectivity index (χ1v) is 9.96. The molecule has 0 radical (unpaired) electrons. The van der Waals surface area contributed by atoms with Gasteiger partial charge in [0.2, 0.25) is 5.91 Å². The number of rotatable bonds is 3. The van der Waals surface area contributed by atoms with E-state index in [1.807, 2.05) is 17.2 Å². The fraction of sp³-hybridized carbons (Fsp3) is 0.400. The van der Waals surface area contributed by atoms with Crippen molar-refractivity contribution in [3.63, 3.8) is 0 Å². The van der Waals surface area contributed by atoms with E-state index in [1.54, 1.807) is 6.20 Å². The van der Waals surface area contributed by atoms with Gasteiger partial charge in [-0.25, -0.2) is 0 Å². The molecule has 1 aromatic carbocycles. The number of para-hydroxylation sites is 1. The summed E-state index contributed by atoms with van der Waals surface area (Å²) in [5.74, 6) is 0.217. The van der Waals surface area contributed by atoms with Crippen LogP contribution in [0.25, 0.3) is 0 Å². The van der Waals surface area contributed by atoms with Gasteiger partial charge in [-0.1, -0.05) is 18.2 Å². The van der Waals surface area contributed by atoms with Crippen LogP contribution in [-0.4, -0.2) is 55.1 Å². The maximum Gasteiger partial charge on any atom is 0.241 e. The zero-order chi connectivity index (χ0) is 17.9. The van der Waals surface area contributed by atoms with Crippen molar-refractivity contribution in [2.45, 2.75) is 12.8 Å². The van der Waals surface area contributed by atoms with Crippen LogP contribution in [0.15, 0.2) is 47.2 Å². The molecule has 1 fully saturated rings. The van der Waals surface area contributed by atoms with E-state index in [1.165, 1.54) is 5.56 Å². The molecule has 136 valence electrons. The minimum atomic E-state index is 0.217. The Bertz CT molecular complexity index is 789. The molecule has 0 aliphatic carbocycles. The third-order valence-electron chi connectivity index (χ3n) is 5.20. The fourth-order valence-corrected chi connectivity index (χ4v) is 4.16. The molecule has 0 atom stereocenters. The number of pyridine rings is 1. The normalized spacial score (nSPS) is 17.9. The molecule has 1 saturated heterocycles. The van der Waals surface area contributed by atoms with Gasteiger partial charge in [-0.2, -0.15) is 0 Å². The van der Waals surface area contributed by atoms with Gasteiger partial charge in [-0.15, -0.1) is 0 Å². The highest BCUT2D eigenvalue weighted by Gasteiger charge is 2.25. The first-order valence-electron chi connectivity index (χ1n) is 9.17. The van der Waals surface area contributed by atoms with E-state index in [4.69, 9.17) is 0 Å². The number of hydrogen-bond acceptors (Lipinski definition) is 4. The molecule has 1 aromatic heterocycles. The van der Waals surface area contributed by atoms with E-state index in [9.17, 15) is 4.79 Å². The van der Waals surface area contributed by atoms with Crippen molar-refractivity contribution in [1.29, 1.82) is 0 Å². The Kier molecular flexibility index (Phi) is 5.22. The molecule has 0 saturated carbocycles. The first kappa shape index (κ1) is 17.5. The van der Waals surface area contributed by atoms with E-state index in [0.29, 0.717) is 6.54 Å². The van der Waals surface area contributed by atoms with Gasteiger partial charge in [0, 0.05) is 49.1 Å². The van der Waals surface area contributed by atoms with Crippen molar-refractivity contribution in [1.82, 2.24) is 9.88 Å². The number of carbonyl (C=O) groups excluding carboxylic acids is 1. The van der Waals surface area contributed by atoms with Crippen LogP contribution in [0.1, 0.15) is 12.0 Å². The maximum absolute atomic E-state index is 12.9. The lowest BCUT2D eigenvalue weighted by molar-refractivity contribution is -0.119. The van der Waals surface area contributed by atoms with Crippen LogP contribution in [0.3, 0.4) is 0 Å². The molecule has 6 heteroatoms. The Morgan fingerprint density at radius 3 is 2.69 bits per heavy atom. The summed E-state index contributed by atoms with van der Waals surface area (Å²) in [5.41, 5.74) is 3.52. The Morgan fingerprint density at radius 2 is 1.88 bits per heavy atom.